The number of benzene rings is 1. The Balaban J connectivity index is 1.99. The fourth-order valence-corrected chi connectivity index (χ4v) is 2.53. The Kier molecular flexibility index (Phi) is 5.33. The van der Waals surface area contributed by atoms with E-state index in [4.69, 9.17) is 5.11 Å². The van der Waals surface area contributed by atoms with Gasteiger partial charge in [0.05, 0.1) is 0 Å². The van der Waals surface area contributed by atoms with Crippen LogP contribution in [0.2, 0.25) is 0 Å². The maximum Gasteiger partial charge on any atom is 0.325 e. The van der Waals surface area contributed by atoms with Gasteiger partial charge in [-0.15, -0.1) is 0 Å². The molecule has 1 aromatic rings. The molecule has 1 amide bonds. The lowest BCUT2D eigenvalue weighted by Gasteiger charge is -2.26. The standard InChI is InChI=1S/C16H22N2O3/c1-12(16(20)21)17-15(19)14-7-5-6-13(10-14)11-18-8-3-2-4-9-18/h5-7,10,12H,2-4,8-9,11H2,1H3,(H,17,19)(H,20,21). The van der Waals surface area contributed by atoms with E-state index in [1.165, 1.54) is 26.2 Å². The molecule has 0 radical (unpaired) electrons. The van der Waals surface area contributed by atoms with Crippen molar-refractivity contribution in [1.82, 2.24) is 10.2 Å². The third-order valence-electron chi connectivity index (χ3n) is 3.76. The molecule has 2 rings (SSSR count). The van der Waals surface area contributed by atoms with Gasteiger partial charge in [0.1, 0.15) is 6.04 Å². The quantitative estimate of drug-likeness (QED) is 0.868. The first-order valence-corrected chi connectivity index (χ1v) is 7.41. The summed E-state index contributed by atoms with van der Waals surface area (Å²) in [6, 6.07) is 6.52. The van der Waals surface area contributed by atoms with E-state index in [0.29, 0.717) is 5.56 Å². The zero-order valence-electron chi connectivity index (χ0n) is 12.3. The van der Waals surface area contributed by atoms with E-state index >= 15 is 0 Å². The minimum Gasteiger partial charge on any atom is -0.480 e. The van der Waals surface area contributed by atoms with Crippen molar-refractivity contribution in [1.29, 1.82) is 0 Å². The Hall–Kier alpha value is -1.88. The van der Waals surface area contributed by atoms with E-state index in [-0.39, 0.29) is 5.91 Å². The fourth-order valence-electron chi connectivity index (χ4n) is 2.53. The predicted octanol–water partition coefficient (Wildman–Crippen LogP) is 1.88. The summed E-state index contributed by atoms with van der Waals surface area (Å²) in [5, 5.41) is 11.3. The van der Waals surface area contributed by atoms with Gasteiger partial charge in [-0.05, 0) is 50.6 Å². The molecule has 1 fully saturated rings. The van der Waals surface area contributed by atoms with Crippen LogP contribution in [0.3, 0.4) is 0 Å². The zero-order valence-corrected chi connectivity index (χ0v) is 12.3. The van der Waals surface area contributed by atoms with Crippen LogP contribution in [0.5, 0.6) is 0 Å². The van der Waals surface area contributed by atoms with Crippen LogP contribution in [-0.2, 0) is 11.3 Å². The molecular formula is C16H22N2O3. The summed E-state index contributed by atoms with van der Waals surface area (Å²) in [4.78, 5) is 25.2. The van der Waals surface area contributed by atoms with Gasteiger partial charge in [-0.1, -0.05) is 18.6 Å². The first kappa shape index (κ1) is 15.5. The highest BCUT2D eigenvalue weighted by atomic mass is 16.4. The largest absolute Gasteiger partial charge is 0.480 e. The van der Waals surface area contributed by atoms with Crippen molar-refractivity contribution in [2.45, 2.75) is 38.8 Å². The summed E-state index contributed by atoms with van der Waals surface area (Å²) < 4.78 is 0. The van der Waals surface area contributed by atoms with Gasteiger partial charge in [-0.25, -0.2) is 0 Å². The summed E-state index contributed by atoms with van der Waals surface area (Å²) in [7, 11) is 0. The first-order valence-electron chi connectivity index (χ1n) is 7.41. The smallest absolute Gasteiger partial charge is 0.325 e. The molecule has 1 unspecified atom stereocenters. The van der Waals surface area contributed by atoms with E-state index in [0.717, 1.165) is 25.2 Å². The van der Waals surface area contributed by atoms with Crippen molar-refractivity contribution < 1.29 is 14.7 Å². The lowest BCUT2D eigenvalue weighted by Crippen LogP contribution is -2.38. The van der Waals surface area contributed by atoms with Crippen LogP contribution in [0.25, 0.3) is 0 Å². The number of rotatable bonds is 5. The van der Waals surface area contributed by atoms with Crippen LogP contribution >= 0.6 is 0 Å². The van der Waals surface area contributed by atoms with E-state index in [9.17, 15) is 9.59 Å². The number of hydrogen-bond acceptors (Lipinski definition) is 3. The topological polar surface area (TPSA) is 69.6 Å². The molecule has 5 heteroatoms. The molecule has 1 aliphatic heterocycles. The maximum atomic E-state index is 12.0. The van der Waals surface area contributed by atoms with Crippen LogP contribution in [0.4, 0.5) is 0 Å². The number of piperidine rings is 1. The van der Waals surface area contributed by atoms with Crippen LogP contribution in [0, 0.1) is 0 Å². The minimum atomic E-state index is -1.03. The van der Waals surface area contributed by atoms with E-state index in [1.54, 1.807) is 6.07 Å². The molecule has 1 heterocycles. The number of amides is 1. The predicted molar refractivity (Wildman–Crippen MR) is 80.1 cm³/mol. The zero-order chi connectivity index (χ0) is 15.2. The number of aliphatic carboxylic acids is 1. The molecule has 0 aliphatic carbocycles. The number of nitrogens with zero attached hydrogens (tertiary/aromatic N) is 1. The third kappa shape index (κ3) is 4.56. The van der Waals surface area contributed by atoms with Crippen molar-refractivity contribution in [3.63, 3.8) is 0 Å². The SMILES string of the molecule is CC(NC(=O)c1cccc(CN2CCCCC2)c1)C(=O)O. The Morgan fingerprint density at radius 3 is 2.67 bits per heavy atom. The van der Waals surface area contributed by atoms with Crippen molar-refractivity contribution in [2.24, 2.45) is 0 Å². The van der Waals surface area contributed by atoms with Crippen molar-refractivity contribution in [3.8, 4) is 0 Å². The molecule has 1 aliphatic rings. The second-order valence-corrected chi connectivity index (χ2v) is 5.57. The highest BCUT2D eigenvalue weighted by Crippen LogP contribution is 2.14. The molecule has 114 valence electrons. The average molecular weight is 290 g/mol. The molecule has 0 spiro atoms. The second-order valence-electron chi connectivity index (χ2n) is 5.57. The van der Waals surface area contributed by atoms with Gasteiger partial charge in [-0.2, -0.15) is 0 Å². The Bertz CT molecular complexity index is 510. The number of carbonyl (C=O) groups excluding carboxylic acids is 1. The first-order chi connectivity index (χ1) is 10.1. The van der Waals surface area contributed by atoms with E-state index in [1.807, 2.05) is 18.2 Å². The molecule has 2 N–H and O–H groups in total. The Labute approximate surface area is 125 Å². The van der Waals surface area contributed by atoms with E-state index < -0.39 is 12.0 Å². The number of likely N-dealkylation sites (tertiary alicyclic amines) is 1. The molecule has 0 bridgehead atoms. The minimum absolute atomic E-state index is 0.342. The van der Waals surface area contributed by atoms with Gasteiger partial charge in [0.2, 0.25) is 0 Å². The number of carboxylic acids is 1. The fraction of sp³-hybridized carbons (Fsp3) is 0.500. The molecule has 1 atom stereocenters. The molecule has 5 nitrogen and oxygen atoms in total. The van der Waals surface area contributed by atoms with Gasteiger partial charge in [0.15, 0.2) is 0 Å². The number of carboxylic acid groups (broad SMARTS) is 1. The van der Waals surface area contributed by atoms with Gasteiger partial charge in [0.25, 0.3) is 5.91 Å². The van der Waals surface area contributed by atoms with Crippen molar-refractivity contribution >= 4 is 11.9 Å². The van der Waals surface area contributed by atoms with Crippen LogP contribution in [0.1, 0.15) is 42.1 Å². The summed E-state index contributed by atoms with van der Waals surface area (Å²) in [6.07, 6.45) is 3.76. The number of hydrogen-bond donors (Lipinski definition) is 2. The monoisotopic (exact) mass is 290 g/mol. The molecule has 1 saturated heterocycles. The molecule has 0 aromatic heterocycles. The van der Waals surface area contributed by atoms with Gasteiger partial charge in [0, 0.05) is 12.1 Å². The average Bonchev–Trinajstić information content (AvgIpc) is 2.48. The molecule has 0 saturated carbocycles. The highest BCUT2D eigenvalue weighted by molar-refractivity contribution is 5.96. The van der Waals surface area contributed by atoms with Gasteiger partial charge >= 0.3 is 5.97 Å². The van der Waals surface area contributed by atoms with Crippen LogP contribution in [0.15, 0.2) is 24.3 Å². The second kappa shape index (κ2) is 7.22. The number of carbonyl (C=O) groups is 2. The normalized spacial score (nSPS) is 17.2. The highest BCUT2D eigenvalue weighted by Gasteiger charge is 2.16. The molecular weight excluding hydrogens is 268 g/mol. The molecule has 21 heavy (non-hydrogen) atoms. The maximum absolute atomic E-state index is 12.0. The summed E-state index contributed by atoms with van der Waals surface area (Å²) in [6.45, 7) is 4.51. The van der Waals surface area contributed by atoms with E-state index in [2.05, 4.69) is 10.2 Å². The van der Waals surface area contributed by atoms with Gasteiger partial charge < -0.3 is 10.4 Å². The molecule has 1 aromatic carbocycles. The van der Waals surface area contributed by atoms with Crippen molar-refractivity contribution in [3.05, 3.63) is 35.4 Å². The summed E-state index contributed by atoms with van der Waals surface area (Å²) in [5.41, 5.74) is 1.60. The number of nitrogens with one attached hydrogen (secondary N) is 1. The lowest BCUT2D eigenvalue weighted by molar-refractivity contribution is -0.138. The summed E-state index contributed by atoms with van der Waals surface area (Å²) >= 11 is 0. The lowest BCUT2D eigenvalue weighted by atomic mass is 10.1. The van der Waals surface area contributed by atoms with Gasteiger partial charge in [-0.3, -0.25) is 14.5 Å². The third-order valence-corrected chi connectivity index (χ3v) is 3.76. The Morgan fingerprint density at radius 2 is 2.00 bits per heavy atom. The Morgan fingerprint density at radius 1 is 1.29 bits per heavy atom. The van der Waals surface area contributed by atoms with Crippen LogP contribution in [-0.4, -0.2) is 41.0 Å². The summed E-state index contributed by atoms with van der Waals surface area (Å²) in [5.74, 6) is -1.38. The van der Waals surface area contributed by atoms with Crippen molar-refractivity contribution in [2.75, 3.05) is 13.1 Å². The van der Waals surface area contributed by atoms with Crippen LogP contribution < -0.4 is 5.32 Å².